The summed E-state index contributed by atoms with van der Waals surface area (Å²) >= 11 is 0. The predicted molar refractivity (Wildman–Crippen MR) is 40.8 cm³/mol. The zero-order valence-electron chi connectivity index (χ0n) is 6.81. The molecule has 1 rings (SSSR count). The Kier molecular flexibility index (Phi) is 2.10. The lowest BCUT2D eigenvalue weighted by molar-refractivity contribution is 0.704. The summed E-state index contributed by atoms with van der Waals surface area (Å²) in [4.78, 5) is 0. The summed E-state index contributed by atoms with van der Waals surface area (Å²) in [6.45, 7) is 4.21. The summed E-state index contributed by atoms with van der Waals surface area (Å²) < 4.78 is 1.90. The first-order valence-corrected chi connectivity index (χ1v) is 3.72. The van der Waals surface area contributed by atoms with Crippen molar-refractivity contribution in [1.29, 1.82) is 0 Å². The van der Waals surface area contributed by atoms with Crippen LogP contribution in [0.25, 0.3) is 0 Å². The molecule has 0 N–H and O–H groups in total. The van der Waals surface area contributed by atoms with Crippen LogP contribution < -0.4 is 0 Å². The Morgan fingerprint density at radius 3 is 2.40 bits per heavy atom. The molecule has 0 atom stereocenters. The maximum absolute atomic E-state index is 4.26. The molecule has 0 aliphatic rings. The molecule has 0 aliphatic carbocycles. The number of hydrogen-bond acceptors (Lipinski definition) is 1. The SMILES string of the molecule is CCc1[c]c(CC)n(C)n1. The number of hydrogen-bond donors (Lipinski definition) is 0. The minimum Gasteiger partial charge on any atom is -0.272 e. The van der Waals surface area contributed by atoms with E-state index in [1.165, 1.54) is 5.69 Å². The summed E-state index contributed by atoms with van der Waals surface area (Å²) in [6, 6.07) is 3.23. The van der Waals surface area contributed by atoms with E-state index in [4.69, 9.17) is 0 Å². The average Bonchev–Trinajstić information content (AvgIpc) is 2.30. The van der Waals surface area contributed by atoms with E-state index in [9.17, 15) is 0 Å². The maximum atomic E-state index is 4.26. The van der Waals surface area contributed by atoms with Crippen LogP contribution in [-0.2, 0) is 19.9 Å². The fourth-order valence-electron chi connectivity index (χ4n) is 0.990. The van der Waals surface area contributed by atoms with Gasteiger partial charge in [-0.3, -0.25) is 4.68 Å². The van der Waals surface area contributed by atoms with Crippen molar-refractivity contribution in [2.24, 2.45) is 7.05 Å². The molecule has 0 amide bonds. The van der Waals surface area contributed by atoms with Crippen LogP contribution in [0.5, 0.6) is 0 Å². The van der Waals surface area contributed by atoms with Gasteiger partial charge in [0.15, 0.2) is 0 Å². The third-order valence-corrected chi connectivity index (χ3v) is 1.62. The van der Waals surface area contributed by atoms with Gasteiger partial charge in [-0.2, -0.15) is 5.10 Å². The summed E-state index contributed by atoms with van der Waals surface area (Å²) in [6.07, 6.45) is 2.00. The molecule has 0 aromatic carbocycles. The average molecular weight is 137 g/mol. The Labute approximate surface area is 61.9 Å². The highest BCUT2D eigenvalue weighted by molar-refractivity contribution is 5.07. The van der Waals surface area contributed by atoms with Crippen LogP contribution in [0.1, 0.15) is 25.2 Å². The van der Waals surface area contributed by atoms with E-state index in [-0.39, 0.29) is 0 Å². The fourth-order valence-corrected chi connectivity index (χ4v) is 0.990. The Morgan fingerprint density at radius 1 is 1.40 bits per heavy atom. The van der Waals surface area contributed by atoms with Crippen LogP contribution in [0.2, 0.25) is 0 Å². The van der Waals surface area contributed by atoms with Gasteiger partial charge in [0.25, 0.3) is 0 Å². The zero-order valence-corrected chi connectivity index (χ0v) is 6.81. The minimum absolute atomic E-state index is 0.980. The van der Waals surface area contributed by atoms with Crippen LogP contribution in [0.3, 0.4) is 0 Å². The predicted octanol–water partition coefficient (Wildman–Crippen LogP) is 1.35. The van der Waals surface area contributed by atoms with Crippen LogP contribution >= 0.6 is 0 Å². The normalized spacial score (nSPS) is 10.3. The molecular weight excluding hydrogens is 124 g/mol. The second kappa shape index (κ2) is 2.86. The van der Waals surface area contributed by atoms with Crippen LogP contribution in [0.4, 0.5) is 0 Å². The van der Waals surface area contributed by atoms with Crippen LogP contribution in [0, 0.1) is 6.07 Å². The zero-order chi connectivity index (χ0) is 7.56. The summed E-state index contributed by atoms with van der Waals surface area (Å²) in [7, 11) is 1.97. The fraction of sp³-hybridized carbons (Fsp3) is 0.625. The van der Waals surface area contributed by atoms with Crippen molar-refractivity contribution in [3.63, 3.8) is 0 Å². The molecule has 0 unspecified atom stereocenters. The first-order valence-electron chi connectivity index (χ1n) is 3.72. The van der Waals surface area contributed by atoms with Crippen LogP contribution in [-0.4, -0.2) is 9.78 Å². The van der Waals surface area contributed by atoms with Gasteiger partial charge in [-0.05, 0) is 12.8 Å². The van der Waals surface area contributed by atoms with Crippen LogP contribution in [0.15, 0.2) is 0 Å². The van der Waals surface area contributed by atoms with Crippen molar-refractivity contribution in [3.8, 4) is 0 Å². The lowest BCUT2D eigenvalue weighted by Gasteiger charge is -1.92. The molecule has 55 valence electrons. The second-order valence-corrected chi connectivity index (χ2v) is 2.35. The molecule has 0 aliphatic heterocycles. The van der Waals surface area contributed by atoms with E-state index in [2.05, 4.69) is 25.0 Å². The van der Waals surface area contributed by atoms with E-state index in [1.807, 2.05) is 11.7 Å². The van der Waals surface area contributed by atoms with Gasteiger partial charge in [0.2, 0.25) is 0 Å². The van der Waals surface area contributed by atoms with Crippen molar-refractivity contribution in [2.45, 2.75) is 26.7 Å². The smallest absolute Gasteiger partial charge is 0.0704 e. The van der Waals surface area contributed by atoms with Gasteiger partial charge in [0.05, 0.1) is 5.69 Å². The molecule has 0 saturated carbocycles. The van der Waals surface area contributed by atoms with Crippen molar-refractivity contribution in [3.05, 3.63) is 17.5 Å². The first kappa shape index (κ1) is 7.32. The van der Waals surface area contributed by atoms with Gasteiger partial charge in [0, 0.05) is 18.8 Å². The topological polar surface area (TPSA) is 17.8 Å². The molecule has 10 heavy (non-hydrogen) atoms. The highest BCUT2D eigenvalue weighted by Gasteiger charge is 2.00. The summed E-state index contributed by atoms with van der Waals surface area (Å²) in [5.74, 6) is 0. The molecule has 2 nitrogen and oxygen atoms in total. The van der Waals surface area contributed by atoms with E-state index < -0.39 is 0 Å². The third-order valence-electron chi connectivity index (χ3n) is 1.62. The standard InChI is InChI=1S/C8H13N2/c1-4-7-6-8(5-2)10(3)9-7/h4-5H2,1-3H3. The molecule has 0 saturated heterocycles. The maximum Gasteiger partial charge on any atom is 0.0704 e. The molecule has 2 heteroatoms. The number of aromatic nitrogens is 2. The van der Waals surface area contributed by atoms with Gasteiger partial charge in [-0.15, -0.1) is 0 Å². The molecule has 1 aromatic heterocycles. The molecule has 0 fully saturated rings. The number of rotatable bonds is 2. The van der Waals surface area contributed by atoms with Gasteiger partial charge in [-0.25, -0.2) is 0 Å². The number of aryl methyl sites for hydroxylation is 3. The highest BCUT2D eigenvalue weighted by atomic mass is 15.3. The third kappa shape index (κ3) is 1.20. The molecular formula is C8H13N2. The quantitative estimate of drug-likeness (QED) is 0.601. The first-order chi connectivity index (χ1) is 4.77. The summed E-state index contributed by atoms with van der Waals surface area (Å²) in [5.41, 5.74) is 2.26. The Hall–Kier alpha value is -0.790. The van der Waals surface area contributed by atoms with Gasteiger partial charge in [-0.1, -0.05) is 13.8 Å². The molecule has 0 spiro atoms. The Morgan fingerprint density at radius 2 is 2.10 bits per heavy atom. The van der Waals surface area contributed by atoms with E-state index in [0.717, 1.165) is 18.5 Å². The van der Waals surface area contributed by atoms with Crippen molar-refractivity contribution in [1.82, 2.24) is 9.78 Å². The molecule has 1 radical (unpaired) electrons. The molecule has 1 aromatic rings. The van der Waals surface area contributed by atoms with Gasteiger partial charge < -0.3 is 0 Å². The molecule has 1 heterocycles. The van der Waals surface area contributed by atoms with Gasteiger partial charge >= 0.3 is 0 Å². The lowest BCUT2D eigenvalue weighted by Crippen LogP contribution is -1.95. The van der Waals surface area contributed by atoms with Crippen molar-refractivity contribution < 1.29 is 0 Å². The van der Waals surface area contributed by atoms with Crippen molar-refractivity contribution in [2.75, 3.05) is 0 Å². The Balaban J connectivity index is 2.92. The van der Waals surface area contributed by atoms with E-state index >= 15 is 0 Å². The second-order valence-electron chi connectivity index (χ2n) is 2.35. The largest absolute Gasteiger partial charge is 0.272 e. The minimum atomic E-state index is 0.980. The highest BCUT2D eigenvalue weighted by Crippen LogP contribution is 2.02. The van der Waals surface area contributed by atoms with E-state index in [1.54, 1.807) is 0 Å². The lowest BCUT2D eigenvalue weighted by atomic mass is 10.3. The van der Waals surface area contributed by atoms with E-state index in [0.29, 0.717) is 0 Å². The Bertz CT molecular complexity index is 213. The van der Waals surface area contributed by atoms with Crippen molar-refractivity contribution >= 4 is 0 Å². The summed E-state index contributed by atoms with van der Waals surface area (Å²) in [5, 5.41) is 4.26. The number of nitrogens with zero attached hydrogens (tertiary/aromatic N) is 2. The van der Waals surface area contributed by atoms with Gasteiger partial charge in [0.1, 0.15) is 0 Å². The monoisotopic (exact) mass is 137 g/mol. The molecule has 0 bridgehead atoms.